The minimum atomic E-state index is -0.795. The fourth-order valence-electron chi connectivity index (χ4n) is 8.79. The first-order valence-corrected chi connectivity index (χ1v) is 32.7. The van der Waals surface area contributed by atoms with Gasteiger partial charge in [0.2, 0.25) is 0 Å². The van der Waals surface area contributed by atoms with Gasteiger partial charge in [0.1, 0.15) is 13.2 Å². The van der Waals surface area contributed by atoms with Gasteiger partial charge in [-0.25, -0.2) is 0 Å². The van der Waals surface area contributed by atoms with Crippen LogP contribution in [0.15, 0.2) is 134 Å². The molecule has 0 aliphatic rings. The molecule has 0 rings (SSSR count). The van der Waals surface area contributed by atoms with E-state index in [-0.39, 0.29) is 31.1 Å². The predicted molar refractivity (Wildman–Crippen MR) is 343 cm³/mol. The van der Waals surface area contributed by atoms with Crippen LogP contribution in [0.3, 0.4) is 0 Å². The lowest BCUT2D eigenvalue weighted by Crippen LogP contribution is -2.30. The van der Waals surface area contributed by atoms with Gasteiger partial charge in [0.05, 0.1) is 0 Å². The molecular weight excluding hydrogens is 973 g/mol. The number of hydrogen-bond donors (Lipinski definition) is 0. The molecule has 0 heterocycles. The molecule has 0 aliphatic heterocycles. The Balaban J connectivity index is 4.25. The lowest BCUT2D eigenvalue weighted by Gasteiger charge is -2.18. The average molecular weight is 1090 g/mol. The van der Waals surface area contributed by atoms with Gasteiger partial charge in [-0.3, -0.25) is 14.4 Å². The van der Waals surface area contributed by atoms with Crippen LogP contribution in [0.2, 0.25) is 0 Å². The Morgan fingerprint density at radius 1 is 0.266 bits per heavy atom. The normalized spacial score (nSPS) is 13.0. The van der Waals surface area contributed by atoms with Crippen molar-refractivity contribution in [1.82, 2.24) is 0 Å². The molecule has 0 saturated carbocycles. The molecule has 0 aromatic rings. The largest absolute Gasteiger partial charge is 0.462 e. The highest BCUT2D eigenvalue weighted by molar-refractivity contribution is 5.71. The molecule has 0 spiro atoms. The first-order chi connectivity index (χ1) is 39.0. The van der Waals surface area contributed by atoms with E-state index in [1.54, 1.807) is 0 Å². The molecule has 0 bridgehead atoms. The Bertz CT molecular complexity index is 1680. The van der Waals surface area contributed by atoms with E-state index in [2.05, 4.69) is 154 Å². The molecule has 448 valence electrons. The fourth-order valence-corrected chi connectivity index (χ4v) is 8.79. The van der Waals surface area contributed by atoms with Crippen molar-refractivity contribution < 1.29 is 28.6 Å². The van der Waals surface area contributed by atoms with Gasteiger partial charge in [0.25, 0.3) is 0 Å². The molecule has 0 radical (unpaired) electrons. The number of carbonyl (C=O) groups excluding carboxylic acids is 3. The number of rotatable bonds is 58. The zero-order valence-electron chi connectivity index (χ0n) is 51.3. The maximum atomic E-state index is 12.9. The first-order valence-electron chi connectivity index (χ1n) is 32.7. The smallest absolute Gasteiger partial charge is 0.306 e. The molecule has 6 nitrogen and oxygen atoms in total. The molecule has 0 saturated heterocycles. The van der Waals surface area contributed by atoms with Gasteiger partial charge in [-0.1, -0.05) is 270 Å². The quantitative estimate of drug-likeness (QED) is 0.0261. The van der Waals surface area contributed by atoms with E-state index in [1.165, 1.54) is 103 Å². The highest BCUT2D eigenvalue weighted by atomic mass is 16.6. The third kappa shape index (κ3) is 64.3. The molecule has 1 atom stereocenters. The van der Waals surface area contributed by atoms with Gasteiger partial charge in [-0.2, -0.15) is 0 Å². The summed E-state index contributed by atoms with van der Waals surface area (Å²) in [5, 5.41) is 0. The van der Waals surface area contributed by atoms with Crippen molar-refractivity contribution in [3.63, 3.8) is 0 Å². The first kappa shape index (κ1) is 74.5. The van der Waals surface area contributed by atoms with Gasteiger partial charge in [-0.15, -0.1) is 0 Å². The number of carbonyl (C=O) groups is 3. The van der Waals surface area contributed by atoms with E-state index in [4.69, 9.17) is 14.2 Å². The number of hydrogen-bond acceptors (Lipinski definition) is 6. The summed E-state index contributed by atoms with van der Waals surface area (Å²) >= 11 is 0. The maximum absolute atomic E-state index is 12.9. The van der Waals surface area contributed by atoms with E-state index < -0.39 is 6.10 Å². The number of ether oxygens (including phenoxy) is 3. The Kier molecular flexibility index (Phi) is 62.3. The number of unbranched alkanes of at least 4 members (excludes halogenated alkanes) is 25. The Labute approximate surface area is 487 Å². The van der Waals surface area contributed by atoms with Crippen LogP contribution in [0.5, 0.6) is 0 Å². The molecule has 79 heavy (non-hydrogen) atoms. The predicted octanol–water partition coefficient (Wildman–Crippen LogP) is 22.5. The van der Waals surface area contributed by atoms with Crippen LogP contribution in [0.4, 0.5) is 0 Å². The van der Waals surface area contributed by atoms with E-state index in [1.807, 2.05) is 0 Å². The Morgan fingerprint density at radius 3 is 0.785 bits per heavy atom. The van der Waals surface area contributed by atoms with Gasteiger partial charge < -0.3 is 14.2 Å². The standard InChI is InChI=1S/C73H120O6/c1-4-7-10-13-16-19-22-25-27-28-29-30-31-32-33-34-35-36-37-38-39-40-41-42-43-44-46-48-51-54-57-60-63-66-72(75)78-69-70(68-77-71(74)65-62-59-56-53-50-47-24-21-18-15-12-9-6-3)79-73(76)67-64-61-58-55-52-49-45-26-23-20-17-14-11-8-5-2/h7-8,10-11,16-17,19-21,24-27,29-30,32-33,35-36,38-39,45,70H,4-6,9,12-15,18,22-23,28,31,34,37,40-44,46-69H2,1-3H3/b10-7-,11-8-,19-16-,20-17-,24-21-,27-25-,30-29-,33-32-,36-35-,39-38-,45-26-. The molecule has 0 amide bonds. The van der Waals surface area contributed by atoms with Crippen LogP contribution in [-0.4, -0.2) is 37.2 Å². The van der Waals surface area contributed by atoms with Crippen molar-refractivity contribution >= 4 is 17.9 Å². The summed E-state index contributed by atoms with van der Waals surface area (Å²) < 4.78 is 16.9. The highest BCUT2D eigenvalue weighted by Crippen LogP contribution is 2.15. The zero-order valence-corrected chi connectivity index (χ0v) is 51.3. The molecular formula is C73H120O6. The monoisotopic (exact) mass is 1090 g/mol. The van der Waals surface area contributed by atoms with Crippen LogP contribution in [0.25, 0.3) is 0 Å². The van der Waals surface area contributed by atoms with Crippen molar-refractivity contribution in [2.24, 2.45) is 0 Å². The molecule has 0 fully saturated rings. The summed E-state index contributed by atoms with van der Waals surface area (Å²) in [6.07, 6.45) is 93.2. The van der Waals surface area contributed by atoms with Crippen LogP contribution < -0.4 is 0 Å². The van der Waals surface area contributed by atoms with Crippen molar-refractivity contribution in [2.45, 2.75) is 297 Å². The third-order valence-corrected chi connectivity index (χ3v) is 13.6. The van der Waals surface area contributed by atoms with Crippen molar-refractivity contribution in [1.29, 1.82) is 0 Å². The summed E-state index contributed by atoms with van der Waals surface area (Å²) in [6, 6.07) is 0. The highest BCUT2D eigenvalue weighted by Gasteiger charge is 2.19. The van der Waals surface area contributed by atoms with Gasteiger partial charge in [0, 0.05) is 19.3 Å². The topological polar surface area (TPSA) is 78.9 Å². The average Bonchev–Trinajstić information content (AvgIpc) is 3.45. The van der Waals surface area contributed by atoms with Gasteiger partial charge in [0.15, 0.2) is 6.10 Å². The molecule has 6 heteroatoms. The van der Waals surface area contributed by atoms with Crippen molar-refractivity contribution in [3.8, 4) is 0 Å². The van der Waals surface area contributed by atoms with Crippen LogP contribution in [0, 0.1) is 0 Å². The second kappa shape index (κ2) is 66.1. The SMILES string of the molecule is CC/C=C\C/C=C\C/C=C\C/C=C\C/C=C\C/C=C\C/C=C\CCCCCCCCCCCCCC(=O)OCC(COC(=O)CCCCCCC/C=C\CCCCCC)OC(=O)CCCCCCC/C=C\C/C=C\C/C=C\CC. The molecule has 0 aromatic heterocycles. The number of allylic oxidation sites excluding steroid dienone is 22. The van der Waals surface area contributed by atoms with Crippen molar-refractivity contribution in [3.05, 3.63) is 134 Å². The molecule has 1 unspecified atom stereocenters. The maximum Gasteiger partial charge on any atom is 0.306 e. The molecule has 0 N–H and O–H groups in total. The van der Waals surface area contributed by atoms with E-state index in [9.17, 15) is 14.4 Å². The minimum absolute atomic E-state index is 0.0912. The number of esters is 3. The van der Waals surface area contributed by atoms with E-state index >= 15 is 0 Å². The van der Waals surface area contributed by atoms with Crippen LogP contribution >= 0.6 is 0 Å². The summed E-state index contributed by atoms with van der Waals surface area (Å²) in [7, 11) is 0. The lowest BCUT2D eigenvalue weighted by molar-refractivity contribution is -0.167. The van der Waals surface area contributed by atoms with Gasteiger partial charge in [-0.05, 0) is 135 Å². The fraction of sp³-hybridized carbons (Fsp3) is 0.658. The molecule has 0 aromatic carbocycles. The Hall–Kier alpha value is -4.45. The van der Waals surface area contributed by atoms with Gasteiger partial charge >= 0.3 is 17.9 Å². The summed E-state index contributed by atoms with van der Waals surface area (Å²) in [6.45, 7) is 6.38. The second-order valence-electron chi connectivity index (χ2n) is 21.3. The third-order valence-electron chi connectivity index (χ3n) is 13.6. The van der Waals surface area contributed by atoms with Crippen LogP contribution in [-0.2, 0) is 28.6 Å². The minimum Gasteiger partial charge on any atom is -0.462 e. The summed E-state index contributed by atoms with van der Waals surface area (Å²) in [4.78, 5) is 38.3. The second-order valence-corrected chi connectivity index (χ2v) is 21.3. The zero-order chi connectivity index (χ0) is 57.1. The summed E-state index contributed by atoms with van der Waals surface area (Å²) in [5.41, 5.74) is 0. The summed E-state index contributed by atoms with van der Waals surface area (Å²) in [5.74, 6) is -0.917. The van der Waals surface area contributed by atoms with Crippen LogP contribution in [0.1, 0.15) is 290 Å². The Morgan fingerprint density at radius 2 is 0.494 bits per heavy atom. The van der Waals surface area contributed by atoms with Crippen molar-refractivity contribution in [2.75, 3.05) is 13.2 Å². The van der Waals surface area contributed by atoms with E-state index in [0.29, 0.717) is 19.3 Å². The lowest BCUT2D eigenvalue weighted by atomic mass is 10.0. The van der Waals surface area contributed by atoms with E-state index in [0.717, 1.165) is 148 Å². The molecule has 0 aliphatic carbocycles.